The monoisotopic (exact) mass is 223 g/mol. The van der Waals surface area contributed by atoms with E-state index in [1.54, 1.807) is 4.68 Å². The van der Waals surface area contributed by atoms with E-state index in [0.29, 0.717) is 12.8 Å². The molecule has 0 amide bonds. The average molecular weight is 223 g/mol. The maximum atomic E-state index is 11.7. The van der Waals surface area contributed by atoms with E-state index in [9.17, 15) is 4.79 Å². The van der Waals surface area contributed by atoms with Gasteiger partial charge >= 0.3 is 0 Å². The number of ketones is 1. The SMILES string of the molecule is Cc1cc(CC(=O)CCCC(C)N)n(C)n1. The quantitative estimate of drug-likeness (QED) is 0.792. The lowest BCUT2D eigenvalue weighted by Crippen LogP contribution is -2.15. The van der Waals surface area contributed by atoms with E-state index >= 15 is 0 Å². The van der Waals surface area contributed by atoms with Crippen molar-refractivity contribution in [2.75, 3.05) is 0 Å². The summed E-state index contributed by atoms with van der Waals surface area (Å²) in [5, 5.41) is 4.22. The summed E-state index contributed by atoms with van der Waals surface area (Å²) in [5.41, 5.74) is 7.58. The Labute approximate surface area is 96.8 Å². The van der Waals surface area contributed by atoms with Crippen molar-refractivity contribution in [3.05, 3.63) is 17.5 Å². The minimum atomic E-state index is 0.187. The van der Waals surface area contributed by atoms with Gasteiger partial charge in [-0.3, -0.25) is 9.48 Å². The van der Waals surface area contributed by atoms with Crippen LogP contribution in [0.4, 0.5) is 0 Å². The summed E-state index contributed by atoms with van der Waals surface area (Å²) < 4.78 is 1.78. The number of hydrogen-bond donors (Lipinski definition) is 1. The van der Waals surface area contributed by atoms with Crippen LogP contribution in [0.5, 0.6) is 0 Å². The Morgan fingerprint density at radius 3 is 2.81 bits per heavy atom. The molecule has 1 aromatic rings. The largest absolute Gasteiger partial charge is 0.328 e. The van der Waals surface area contributed by atoms with Crippen molar-refractivity contribution >= 4 is 5.78 Å². The Morgan fingerprint density at radius 1 is 1.62 bits per heavy atom. The predicted octanol–water partition coefficient (Wildman–Crippen LogP) is 1.36. The highest BCUT2D eigenvalue weighted by atomic mass is 16.1. The summed E-state index contributed by atoms with van der Waals surface area (Å²) in [6.07, 6.45) is 2.89. The molecular formula is C12H21N3O. The average Bonchev–Trinajstić information content (AvgIpc) is 2.44. The minimum Gasteiger partial charge on any atom is -0.328 e. The minimum absolute atomic E-state index is 0.187. The van der Waals surface area contributed by atoms with Crippen LogP contribution in [0, 0.1) is 6.92 Å². The van der Waals surface area contributed by atoms with Crippen molar-refractivity contribution in [1.82, 2.24) is 9.78 Å². The first kappa shape index (κ1) is 12.9. The molecule has 0 aliphatic heterocycles. The summed E-state index contributed by atoms with van der Waals surface area (Å²) in [6.45, 7) is 3.90. The molecule has 0 fully saturated rings. The predicted molar refractivity (Wildman–Crippen MR) is 64.2 cm³/mol. The van der Waals surface area contributed by atoms with Crippen LogP contribution in [0.1, 0.15) is 37.6 Å². The molecule has 16 heavy (non-hydrogen) atoms. The van der Waals surface area contributed by atoms with Crippen LogP contribution in [-0.2, 0) is 18.3 Å². The fourth-order valence-corrected chi connectivity index (χ4v) is 1.74. The van der Waals surface area contributed by atoms with Gasteiger partial charge < -0.3 is 5.73 Å². The first-order valence-electron chi connectivity index (χ1n) is 5.76. The second kappa shape index (κ2) is 5.80. The Morgan fingerprint density at radius 2 is 2.31 bits per heavy atom. The number of nitrogens with two attached hydrogens (primary N) is 1. The molecule has 1 atom stereocenters. The molecule has 90 valence electrons. The van der Waals surface area contributed by atoms with Gasteiger partial charge in [0.15, 0.2) is 0 Å². The molecule has 1 unspecified atom stereocenters. The van der Waals surface area contributed by atoms with Gasteiger partial charge in [0.25, 0.3) is 0 Å². The standard InChI is InChI=1S/C12H21N3O/c1-9(13)5-4-6-12(16)8-11-7-10(2)14-15(11)3/h7,9H,4-6,8,13H2,1-3H3. The van der Waals surface area contributed by atoms with Gasteiger partial charge in [0.1, 0.15) is 5.78 Å². The second-order valence-corrected chi connectivity index (χ2v) is 4.49. The van der Waals surface area contributed by atoms with E-state index in [-0.39, 0.29) is 11.8 Å². The van der Waals surface area contributed by atoms with Crippen molar-refractivity contribution in [2.45, 2.75) is 45.6 Å². The van der Waals surface area contributed by atoms with Crippen molar-refractivity contribution < 1.29 is 4.79 Å². The zero-order valence-corrected chi connectivity index (χ0v) is 10.4. The molecule has 4 nitrogen and oxygen atoms in total. The van der Waals surface area contributed by atoms with Gasteiger partial charge in [-0.1, -0.05) is 0 Å². The lowest BCUT2D eigenvalue weighted by molar-refractivity contribution is -0.118. The van der Waals surface area contributed by atoms with Gasteiger partial charge in [-0.15, -0.1) is 0 Å². The van der Waals surface area contributed by atoms with E-state index in [4.69, 9.17) is 5.73 Å². The van der Waals surface area contributed by atoms with Crippen LogP contribution in [-0.4, -0.2) is 21.6 Å². The number of nitrogens with zero attached hydrogens (tertiary/aromatic N) is 2. The molecule has 1 aromatic heterocycles. The molecule has 1 heterocycles. The van der Waals surface area contributed by atoms with E-state index < -0.39 is 0 Å². The number of rotatable bonds is 6. The van der Waals surface area contributed by atoms with Crippen molar-refractivity contribution in [3.63, 3.8) is 0 Å². The maximum absolute atomic E-state index is 11.7. The van der Waals surface area contributed by atoms with E-state index in [2.05, 4.69) is 5.10 Å². The molecule has 2 N–H and O–H groups in total. The first-order valence-corrected chi connectivity index (χ1v) is 5.76. The van der Waals surface area contributed by atoms with Crippen molar-refractivity contribution in [1.29, 1.82) is 0 Å². The van der Waals surface area contributed by atoms with Crippen LogP contribution in [0.25, 0.3) is 0 Å². The molecule has 0 radical (unpaired) electrons. The third kappa shape index (κ3) is 4.14. The highest BCUT2D eigenvalue weighted by Gasteiger charge is 2.08. The molecule has 4 heteroatoms. The number of hydrogen-bond acceptors (Lipinski definition) is 3. The molecule has 0 aromatic carbocycles. The summed E-state index contributed by atoms with van der Waals surface area (Å²) in [6, 6.07) is 2.15. The summed E-state index contributed by atoms with van der Waals surface area (Å²) in [4.78, 5) is 11.7. The van der Waals surface area contributed by atoms with E-state index in [0.717, 1.165) is 24.2 Å². The van der Waals surface area contributed by atoms with Crippen molar-refractivity contribution in [2.24, 2.45) is 12.8 Å². The Hall–Kier alpha value is -1.16. The molecular weight excluding hydrogens is 202 g/mol. The van der Waals surface area contributed by atoms with Crippen LogP contribution >= 0.6 is 0 Å². The summed E-state index contributed by atoms with van der Waals surface area (Å²) in [7, 11) is 1.87. The van der Waals surface area contributed by atoms with Gasteiger partial charge in [0.05, 0.1) is 5.69 Å². The molecule has 0 aliphatic rings. The molecule has 1 rings (SSSR count). The molecule has 0 saturated heterocycles. The Bertz CT molecular complexity index is 355. The topological polar surface area (TPSA) is 60.9 Å². The third-order valence-electron chi connectivity index (χ3n) is 2.59. The van der Waals surface area contributed by atoms with E-state index in [1.807, 2.05) is 27.0 Å². The zero-order chi connectivity index (χ0) is 12.1. The van der Waals surface area contributed by atoms with Crippen LogP contribution < -0.4 is 5.73 Å². The highest BCUT2D eigenvalue weighted by molar-refractivity contribution is 5.80. The molecule has 0 aliphatic carbocycles. The van der Waals surface area contributed by atoms with Crippen LogP contribution in [0.2, 0.25) is 0 Å². The lowest BCUT2D eigenvalue weighted by atomic mass is 10.1. The number of aromatic nitrogens is 2. The smallest absolute Gasteiger partial charge is 0.138 e. The number of carbonyl (C=O) groups excluding carboxylic acids is 1. The first-order chi connectivity index (χ1) is 7.49. The zero-order valence-electron chi connectivity index (χ0n) is 10.4. The van der Waals surface area contributed by atoms with Gasteiger partial charge in [0.2, 0.25) is 0 Å². The van der Waals surface area contributed by atoms with Gasteiger partial charge in [-0.05, 0) is 32.8 Å². The van der Waals surface area contributed by atoms with E-state index in [1.165, 1.54) is 0 Å². The summed E-state index contributed by atoms with van der Waals surface area (Å²) >= 11 is 0. The summed E-state index contributed by atoms with van der Waals surface area (Å²) in [5.74, 6) is 0.267. The van der Waals surface area contributed by atoms with Crippen molar-refractivity contribution in [3.8, 4) is 0 Å². The highest BCUT2D eigenvalue weighted by Crippen LogP contribution is 2.07. The number of Topliss-reactive ketones (excluding diaryl/α,β-unsaturated/α-hetero) is 1. The normalized spacial score (nSPS) is 12.8. The molecule has 0 bridgehead atoms. The maximum Gasteiger partial charge on any atom is 0.138 e. The Balaban J connectivity index is 2.37. The van der Waals surface area contributed by atoms with Crippen LogP contribution in [0.3, 0.4) is 0 Å². The molecule has 0 saturated carbocycles. The third-order valence-corrected chi connectivity index (χ3v) is 2.59. The second-order valence-electron chi connectivity index (χ2n) is 4.49. The van der Waals surface area contributed by atoms with Gasteiger partial charge in [-0.25, -0.2) is 0 Å². The number of aryl methyl sites for hydroxylation is 2. The fourth-order valence-electron chi connectivity index (χ4n) is 1.74. The Kier molecular flexibility index (Phi) is 4.68. The number of carbonyl (C=O) groups is 1. The van der Waals surface area contributed by atoms with Crippen LogP contribution in [0.15, 0.2) is 6.07 Å². The van der Waals surface area contributed by atoms with Gasteiger partial charge in [0, 0.05) is 31.6 Å². The van der Waals surface area contributed by atoms with Gasteiger partial charge in [-0.2, -0.15) is 5.10 Å². The lowest BCUT2D eigenvalue weighted by Gasteiger charge is -2.04. The molecule has 0 spiro atoms. The fraction of sp³-hybridized carbons (Fsp3) is 0.667.